The maximum atomic E-state index is 12.4. The van der Waals surface area contributed by atoms with Crippen molar-refractivity contribution in [3.05, 3.63) is 35.0 Å². The van der Waals surface area contributed by atoms with Gasteiger partial charge in [-0.2, -0.15) is 5.26 Å². The second kappa shape index (κ2) is 7.89. The Bertz CT molecular complexity index is 652. The predicted octanol–water partition coefficient (Wildman–Crippen LogP) is 3.57. The zero-order valence-electron chi connectivity index (χ0n) is 13.3. The quantitative estimate of drug-likeness (QED) is 0.675. The highest BCUT2D eigenvalue weighted by molar-refractivity contribution is 6.31. The molecule has 2 rings (SSSR count). The monoisotopic (exact) mass is 333 g/mol. The fourth-order valence-corrected chi connectivity index (χ4v) is 2.76. The lowest BCUT2D eigenvalue weighted by molar-refractivity contribution is -0.112. The van der Waals surface area contributed by atoms with Crippen LogP contribution in [0.15, 0.2) is 30.0 Å². The van der Waals surface area contributed by atoms with Crippen molar-refractivity contribution >= 4 is 23.2 Å². The number of benzene rings is 1. The fraction of sp³-hybridized carbons (Fsp3) is 0.412. The molecule has 5 nitrogen and oxygen atoms in total. The Morgan fingerprint density at radius 2 is 2.30 bits per heavy atom. The van der Waals surface area contributed by atoms with Gasteiger partial charge in [-0.05, 0) is 44.4 Å². The molecule has 1 aliphatic heterocycles. The SMILES string of the molecule is COc1ccc(Cl)cc1NC(=O)/C(C#N)=C\N1CCCCC1C. The van der Waals surface area contributed by atoms with Crippen molar-refractivity contribution < 1.29 is 9.53 Å². The molecule has 0 radical (unpaired) electrons. The van der Waals surface area contributed by atoms with Crippen LogP contribution in [0.5, 0.6) is 5.75 Å². The second-order valence-corrected chi connectivity index (χ2v) is 5.97. The number of carbonyl (C=O) groups excluding carboxylic acids is 1. The number of ether oxygens (including phenoxy) is 1. The van der Waals surface area contributed by atoms with Gasteiger partial charge < -0.3 is 15.0 Å². The highest BCUT2D eigenvalue weighted by Crippen LogP contribution is 2.28. The van der Waals surface area contributed by atoms with Crippen LogP contribution >= 0.6 is 11.6 Å². The highest BCUT2D eigenvalue weighted by Gasteiger charge is 2.19. The molecule has 1 atom stereocenters. The van der Waals surface area contributed by atoms with Crippen molar-refractivity contribution in [3.8, 4) is 11.8 Å². The molecule has 1 N–H and O–H groups in total. The van der Waals surface area contributed by atoms with Crippen LogP contribution in [-0.4, -0.2) is 30.5 Å². The molecule has 1 heterocycles. The zero-order valence-corrected chi connectivity index (χ0v) is 14.1. The van der Waals surface area contributed by atoms with Crippen molar-refractivity contribution in [2.75, 3.05) is 19.0 Å². The van der Waals surface area contributed by atoms with E-state index in [1.54, 1.807) is 24.4 Å². The molecule has 0 saturated carbocycles. The van der Waals surface area contributed by atoms with E-state index in [1.165, 1.54) is 13.5 Å². The zero-order chi connectivity index (χ0) is 16.8. The van der Waals surface area contributed by atoms with Crippen LogP contribution in [-0.2, 0) is 4.79 Å². The number of halogens is 1. The van der Waals surface area contributed by atoms with Gasteiger partial charge in [-0.15, -0.1) is 0 Å². The van der Waals surface area contributed by atoms with E-state index in [0.717, 1.165) is 19.4 Å². The molecule has 6 heteroatoms. The number of amides is 1. The lowest BCUT2D eigenvalue weighted by Gasteiger charge is -2.32. The van der Waals surface area contributed by atoms with Crippen molar-refractivity contribution in [3.63, 3.8) is 0 Å². The van der Waals surface area contributed by atoms with Gasteiger partial charge in [0.2, 0.25) is 0 Å². The number of anilines is 1. The molecular weight excluding hydrogens is 314 g/mol. The van der Waals surface area contributed by atoms with E-state index in [4.69, 9.17) is 16.3 Å². The van der Waals surface area contributed by atoms with Gasteiger partial charge in [0.15, 0.2) is 0 Å². The molecule has 1 amide bonds. The average molecular weight is 334 g/mol. The Hall–Kier alpha value is -2.19. The van der Waals surface area contributed by atoms with Crippen LogP contribution in [0.1, 0.15) is 26.2 Å². The highest BCUT2D eigenvalue weighted by atomic mass is 35.5. The van der Waals surface area contributed by atoms with E-state index in [0.29, 0.717) is 22.5 Å². The fourth-order valence-electron chi connectivity index (χ4n) is 2.58. The number of hydrogen-bond acceptors (Lipinski definition) is 4. The van der Waals surface area contributed by atoms with Crippen LogP contribution < -0.4 is 10.1 Å². The van der Waals surface area contributed by atoms with Gasteiger partial charge >= 0.3 is 0 Å². The van der Waals surface area contributed by atoms with Crippen molar-refractivity contribution in [2.24, 2.45) is 0 Å². The Morgan fingerprint density at radius 3 is 2.96 bits per heavy atom. The predicted molar refractivity (Wildman–Crippen MR) is 90.3 cm³/mol. The summed E-state index contributed by atoms with van der Waals surface area (Å²) in [5.74, 6) is 0.0252. The minimum absolute atomic E-state index is 0.0702. The summed E-state index contributed by atoms with van der Waals surface area (Å²) in [6.45, 7) is 2.96. The topological polar surface area (TPSA) is 65.4 Å². The molecule has 0 aromatic heterocycles. The summed E-state index contributed by atoms with van der Waals surface area (Å²) in [7, 11) is 1.51. The number of nitrogens with one attached hydrogen (secondary N) is 1. The third-order valence-corrected chi connectivity index (χ3v) is 4.16. The van der Waals surface area contributed by atoms with Crippen molar-refractivity contribution in [2.45, 2.75) is 32.2 Å². The maximum Gasteiger partial charge on any atom is 0.267 e. The number of carbonyl (C=O) groups is 1. The molecule has 122 valence electrons. The first-order chi connectivity index (χ1) is 11.0. The first-order valence-corrected chi connectivity index (χ1v) is 7.95. The second-order valence-electron chi connectivity index (χ2n) is 5.54. The molecule has 1 unspecified atom stereocenters. The largest absolute Gasteiger partial charge is 0.495 e. The summed E-state index contributed by atoms with van der Waals surface area (Å²) < 4.78 is 5.20. The lowest BCUT2D eigenvalue weighted by Crippen LogP contribution is -2.34. The maximum absolute atomic E-state index is 12.4. The summed E-state index contributed by atoms with van der Waals surface area (Å²) in [6.07, 6.45) is 4.97. The van der Waals surface area contributed by atoms with Crippen LogP contribution in [0.3, 0.4) is 0 Å². The molecule has 1 fully saturated rings. The first-order valence-electron chi connectivity index (χ1n) is 7.57. The van der Waals surface area contributed by atoms with E-state index in [-0.39, 0.29) is 5.57 Å². The van der Waals surface area contributed by atoms with Gasteiger partial charge in [0.1, 0.15) is 17.4 Å². The number of nitriles is 1. The van der Waals surface area contributed by atoms with Gasteiger partial charge in [0.05, 0.1) is 12.8 Å². The molecule has 23 heavy (non-hydrogen) atoms. The van der Waals surface area contributed by atoms with Crippen molar-refractivity contribution in [1.82, 2.24) is 4.90 Å². The van der Waals surface area contributed by atoms with Crippen LogP contribution in [0.2, 0.25) is 5.02 Å². The van der Waals surface area contributed by atoms with Gasteiger partial charge in [-0.3, -0.25) is 4.79 Å². The number of hydrogen-bond donors (Lipinski definition) is 1. The van der Waals surface area contributed by atoms with Gasteiger partial charge in [0.25, 0.3) is 5.91 Å². The number of piperidine rings is 1. The van der Waals surface area contributed by atoms with Gasteiger partial charge in [-0.1, -0.05) is 11.6 Å². The van der Waals surface area contributed by atoms with Crippen LogP contribution in [0.4, 0.5) is 5.69 Å². The Kier molecular flexibility index (Phi) is 5.89. The molecule has 1 aliphatic rings. The minimum atomic E-state index is -0.467. The van der Waals surface area contributed by atoms with E-state index < -0.39 is 5.91 Å². The first kappa shape index (κ1) is 17.2. The van der Waals surface area contributed by atoms with Crippen molar-refractivity contribution in [1.29, 1.82) is 5.26 Å². The molecule has 0 aliphatic carbocycles. The summed E-state index contributed by atoms with van der Waals surface area (Å²) in [6, 6.07) is 7.24. The normalized spacial score (nSPS) is 18.3. The summed E-state index contributed by atoms with van der Waals surface area (Å²) in [5.41, 5.74) is 0.513. The van der Waals surface area contributed by atoms with Crippen LogP contribution in [0.25, 0.3) is 0 Å². The van der Waals surface area contributed by atoms with Crippen LogP contribution in [0, 0.1) is 11.3 Å². The van der Waals surface area contributed by atoms with Gasteiger partial charge in [0, 0.05) is 23.8 Å². The Morgan fingerprint density at radius 1 is 1.52 bits per heavy atom. The van der Waals surface area contributed by atoms with E-state index in [1.807, 2.05) is 6.07 Å². The summed E-state index contributed by atoms with van der Waals surface area (Å²) in [5, 5.41) is 12.5. The Labute approximate surface area is 141 Å². The molecule has 0 bridgehead atoms. The third kappa shape index (κ3) is 4.40. The smallest absolute Gasteiger partial charge is 0.267 e. The molecule has 1 aromatic carbocycles. The number of rotatable bonds is 4. The Balaban J connectivity index is 2.17. The number of likely N-dealkylation sites (tertiary alicyclic amines) is 1. The minimum Gasteiger partial charge on any atom is -0.495 e. The molecule has 1 saturated heterocycles. The standard InChI is InChI=1S/C17H20ClN3O2/c1-12-5-3-4-8-21(12)11-13(10-19)17(22)20-15-9-14(18)6-7-16(15)23-2/h6-7,9,11-12H,3-5,8H2,1-2H3,(H,20,22)/b13-11-. The third-order valence-electron chi connectivity index (χ3n) is 3.92. The lowest BCUT2D eigenvalue weighted by atomic mass is 10.0. The summed E-state index contributed by atoms with van der Waals surface area (Å²) >= 11 is 5.95. The molecular formula is C17H20ClN3O2. The molecule has 0 spiro atoms. The van der Waals surface area contributed by atoms with E-state index in [9.17, 15) is 10.1 Å². The average Bonchev–Trinajstić information content (AvgIpc) is 2.54. The van der Waals surface area contributed by atoms with E-state index in [2.05, 4.69) is 17.1 Å². The summed E-state index contributed by atoms with van der Waals surface area (Å²) in [4.78, 5) is 14.4. The number of nitrogens with zero attached hydrogens (tertiary/aromatic N) is 2. The van der Waals surface area contributed by atoms with E-state index >= 15 is 0 Å². The van der Waals surface area contributed by atoms with Gasteiger partial charge in [-0.25, -0.2) is 0 Å². The number of methoxy groups -OCH3 is 1. The molecule has 1 aromatic rings.